The zero-order chi connectivity index (χ0) is 18.0. The van der Waals surface area contributed by atoms with E-state index in [1.54, 1.807) is 5.56 Å². The maximum absolute atomic E-state index is 3.74. The van der Waals surface area contributed by atoms with Crippen molar-refractivity contribution in [2.24, 2.45) is 5.92 Å². The van der Waals surface area contributed by atoms with E-state index < -0.39 is 0 Å². The maximum Gasteiger partial charge on any atom is 0.0637 e. The second kappa shape index (κ2) is 5.63. The number of rotatable bonds is 1. The van der Waals surface area contributed by atoms with Crippen LogP contribution in [0.5, 0.6) is 0 Å². The molecule has 2 aromatic carbocycles. The fourth-order valence-corrected chi connectivity index (χ4v) is 5.10. The number of benzene rings is 2. The predicted octanol–water partition coefficient (Wildman–Crippen LogP) is 6.59. The molecular weight excluding hydrogens is 328 g/mol. The summed E-state index contributed by atoms with van der Waals surface area (Å²) in [4.78, 5) is 3.74. The highest BCUT2D eigenvalue weighted by atomic mass is 15.0. The fraction of sp³-hybridized carbons (Fsp3) is 0.280. The van der Waals surface area contributed by atoms with Crippen LogP contribution in [0.25, 0.3) is 38.4 Å². The number of nitrogens with one attached hydrogen (secondary N) is 1. The lowest BCUT2D eigenvalue weighted by Crippen LogP contribution is -2.02. The van der Waals surface area contributed by atoms with Gasteiger partial charge in [0.05, 0.1) is 11.0 Å². The van der Waals surface area contributed by atoms with Crippen LogP contribution in [-0.2, 0) is 12.8 Å². The van der Waals surface area contributed by atoms with Crippen molar-refractivity contribution < 1.29 is 0 Å². The summed E-state index contributed by atoms with van der Waals surface area (Å²) in [6.07, 6.45) is 13.2. The molecule has 0 saturated heterocycles. The lowest BCUT2D eigenvalue weighted by Gasteiger charge is -2.16. The second-order valence-electron chi connectivity index (χ2n) is 8.23. The van der Waals surface area contributed by atoms with Gasteiger partial charge in [-0.05, 0) is 61.8 Å². The first kappa shape index (κ1) is 15.3. The van der Waals surface area contributed by atoms with Gasteiger partial charge in [-0.2, -0.15) is 0 Å². The quantitative estimate of drug-likeness (QED) is 0.399. The lowest BCUT2D eigenvalue weighted by atomic mass is 9.94. The van der Waals surface area contributed by atoms with Gasteiger partial charge in [0.25, 0.3) is 0 Å². The molecule has 2 aromatic heterocycles. The van der Waals surface area contributed by atoms with Crippen LogP contribution >= 0.6 is 0 Å². The first-order chi connectivity index (χ1) is 13.3. The molecule has 6 rings (SSSR count). The predicted molar refractivity (Wildman–Crippen MR) is 115 cm³/mol. The Kier molecular flexibility index (Phi) is 3.19. The van der Waals surface area contributed by atoms with Crippen LogP contribution in [0.2, 0.25) is 0 Å². The number of hydrogen-bond donors (Lipinski definition) is 1. The van der Waals surface area contributed by atoms with Crippen LogP contribution in [0.3, 0.4) is 0 Å². The summed E-state index contributed by atoms with van der Waals surface area (Å²) in [6.45, 7) is 2.29. The highest BCUT2D eigenvalue weighted by molar-refractivity contribution is 6.20. The maximum atomic E-state index is 3.74. The molecule has 2 heteroatoms. The van der Waals surface area contributed by atoms with Gasteiger partial charge in [-0.3, -0.25) is 0 Å². The number of aryl methyl sites for hydroxylation is 2. The molecule has 1 N–H and O–H groups in total. The van der Waals surface area contributed by atoms with Crippen molar-refractivity contribution in [3.63, 3.8) is 0 Å². The molecule has 1 atom stereocenters. The Morgan fingerprint density at radius 3 is 2.78 bits per heavy atom. The van der Waals surface area contributed by atoms with Crippen molar-refractivity contribution in [2.75, 3.05) is 0 Å². The number of fused-ring (bicyclic) bond motifs is 7. The van der Waals surface area contributed by atoms with Crippen molar-refractivity contribution >= 4 is 38.4 Å². The van der Waals surface area contributed by atoms with Gasteiger partial charge in [-0.15, -0.1) is 0 Å². The number of aromatic nitrogens is 2. The third-order valence-electron chi connectivity index (χ3n) is 6.44. The van der Waals surface area contributed by atoms with Gasteiger partial charge in [0.1, 0.15) is 0 Å². The van der Waals surface area contributed by atoms with Gasteiger partial charge in [0.2, 0.25) is 0 Å². The minimum absolute atomic E-state index is 0.627. The summed E-state index contributed by atoms with van der Waals surface area (Å²) in [5, 5.41) is 4.18. The van der Waals surface area contributed by atoms with E-state index in [9.17, 15) is 0 Å². The molecule has 0 radical (unpaired) electrons. The largest absolute Gasteiger partial charge is 0.358 e. The van der Waals surface area contributed by atoms with E-state index in [0.717, 1.165) is 6.42 Å². The van der Waals surface area contributed by atoms with Crippen molar-refractivity contribution in [3.05, 3.63) is 65.9 Å². The summed E-state index contributed by atoms with van der Waals surface area (Å²) in [6, 6.07) is 13.5. The second-order valence-corrected chi connectivity index (χ2v) is 8.23. The van der Waals surface area contributed by atoms with Crippen LogP contribution in [0.4, 0.5) is 0 Å². The Morgan fingerprint density at radius 1 is 1.00 bits per heavy atom. The number of aromatic amines is 1. The monoisotopic (exact) mass is 352 g/mol. The number of hydrogen-bond acceptors (Lipinski definition) is 0. The number of nitrogens with zero attached hydrogens (tertiary/aromatic N) is 1. The van der Waals surface area contributed by atoms with Gasteiger partial charge in [-0.25, -0.2) is 0 Å². The highest BCUT2D eigenvalue weighted by Gasteiger charge is 2.22. The van der Waals surface area contributed by atoms with Crippen molar-refractivity contribution in [2.45, 2.75) is 39.0 Å². The van der Waals surface area contributed by atoms with Gasteiger partial charge in [0, 0.05) is 33.1 Å². The van der Waals surface area contributed by atoms with Gasteiger partial charge >= 0.3 is 0 Å². The van der Waals surface area contributed by atoms with E-state index in [1.807, 2.05) is 0 Å². The molecule has 27 heavy (non-hydrogen) atoms. The lowest BCUT2D eigenvalue weighted by molar-refractivity contribution is 0.680. The molecule has 2 heterocycles. The van der Waals surface area contributed by atoms with E-state index in [0.29, 0.717) is 5.92 Å². The first-order valence-electron chi connectivity index (χ1n) is 10.3. The van der Waals surface area contributed by atoms with Crippen LogP contribution in [0.15, 0.2) is 54.6 Å². The molecule has 4 aromatic rings. The molecule has 2 aliphatic carbocycles. The SMILES string of the molecule is CC1C=CC(n2c3ccccc3c3ccc4[nH]c5c(c4c32)CCCC5)=CC1. The summed E-state index contributed by atoms with van der Waals surface area (Å²) in [7, 11) is 0. The van der Waals surface area contributed by atoms with Gasteiger partial charge in [-0.1, -0.05) is 43.3 Å². The summed E-state index contributed by atoms with van der Waals surface area (Å²) >= 11 is 0. The summed E-state index contributed by atoms with van der Waals surface area (Å²) < 4.78 is 2.51. The van der Waals surface area contributed by atoms with Crippen LogP contribution in [0, 0.1) is 5.92 Å². The Balaban J connectivity index is 1.80. The first-order valence-corrected chi connectivity index (χ1v) is 10.3. The Morgan fingerprint density at radius 2 is 1.89 bits per heavy atom. The number of H-pyrrole nitrogens is 1. The van der Waals surface area contributed by atoms with Crippen molar-refractivity contribution in [1.82, 2.24) is 9.55 Å². The molecule has 0 bridgehead atoms. The molecule has 2 nitrogen and oxygen atoms in total. The highest BCUT2D eigenvalue weighted by Crippen LogP contribution is 2.40. The van der Waals surface area contributed by atoms with E-state index >= 15 is 0 Å². The summed E-state index contributed by atoms with van der Waals surface area (Å²) in [5.74, 6) is 0.627. The smallest absolute Gasteiger partial charge is 0.0637 e. The molecule has 0 saturated carbocycles. The molecule has 0 aliphatic heterocycles. The van der Waals surface area contributed by atoms with Crippen LogP contribution in [0.1, 0.15) is 37.4 Å². The van der Waals surface area contributed by atoms with Gasteiger partial charge < -0.3 is 9.55 Å². The van der Waals surface area contributed by atoms with Crippen molar-refractivity contribution in [3.8, 4) is 0 Å². The van der Waals surface area contributed by atoms with Crippen LogP contribution < -0.4 is 0 Å². The fourth-order valence-electron chi connectivity index (χ4n) is 5.10. The Hall–Kier alpha value is -2.74. The minimum atomic E-state index is 0.627. The van der Waals surface area contributed by atoms with E-state index in [2.05, 4.69) is 71.1 Å². The molecule has 1 unspecified atom stereocenters. The van der Waals surface area contributed by atoms with Crippen LogP contribution in [-0.4, -0.2) is 9.55 Å². The topological polar surface area (TPSA) is 20.7 Å². The molecule has 0 amide bonds. The number of para-hydroxylation sites is 1. The average Bonchev–Trinajstić information content (AvgIpc) is 3.24. The normalized spacial score (nSPS) is 19.7. The molecule has 134 valence electrons. The van der Waals surface area contributed by atoms with E-state index in [-0.39, 0.29) is 0 Å². The zero-order valence-corrected chi connectivity index (χ0v) is 15.8. The number of allylic oxidation sites excluding steroid dienone is 4. The zero-order valence-electron chi connectivity index (χ0n) is 15.8. The standard InChI is InChI=1S/C25H24N2/c1-16-10-12-17(13-11-16)27-23-9-5-3-6-18(23)19-14-15-22-24(25(19)27)20-7-2-4-8-21(20)26-22/h3,5-6,9-10,12-16,26H,2,4,7-8,11H2,1H3. The van der Waals surface area contributed by atoms with E-state index in [1.165, 1.54) is 69.8 Å². The Bertz CT molecular complexity index is 1260. The Labute approximate surface area is 159 Å². The molecular formula is C25H24N2. The molecule has 2 aliphatic rings. The van der Waals surface area contributed by atoms with Gasteiger partial charge in [0.15, 0.2) is 0 Å². The third kappa shape index (κ3) is 2.13. The third-order valence-corrected chi connectivity index (χ3v) is 6.44. The minimum Gasteiger partial charge on any atom is -0.358 e. The molecule has 0 fully saturated rings. The van der Waals surface area contributed by atoms with E-state index in [4.69, 9.17) is 0 Å². The average molecular weight is 352 g/mol. The summed E-state index contributed by atoms with van der Waals surface area (Å²) in [5.41, 5.74) is 8.33. The van der Waals surface area contributed by atoms with Crippen molar-refractivity contribution in [1.29, 1.82) is 0 Å². The molecule has 0 spiro atoms.